The van der Waals surface area contributed by atoms with Crippen LogP contribution in [0, 0.1) is 11.3 Å². The molecule has 186 valence electrons. The number of furan rings is 1. The molecule has 0 spiro atoms. The van der Waals surface area contributed by atoms with Crippen LogP contribution in [0.25, 0.3) is 71.8 Å². The van der Waals surface area contributed by atoms with Gasteiger partial charge in [-0.2, -0.15) is 5.26 Å². The molecule has 4 nitrogen and oxygen atoms in total. The fourth-order valence-corrected chi connectivity index (χ4v) is 5.95. The average molecular weight is 512 g/mol. The van der Waals surface area contributed by atoms with Gasteiger partial charge in [-0.15, -0.1) is 0 Å². The summed E-state index contributed by atoms with van der Waals surface area (Å²) in [6.45, 7) is 0. The van der Waals surface area contributed by atoms with Crippen molar-refractivity contribution >= 4 is 43.7 Å². The van der Waals surface area contributed by atoms with Crippen molar-refractivity contribution in [2.45, 2.75) is 0 Å². The minimum Gasteiger partial charge on any atom is -0.456 e. The Hall–Kier alpha value is -5.66. The Bertz CT molecular complexity index is 2300. The molecule has 0 bridgehead atoms. The Morgan fingerprint density at radius 3 is 2.30 bits per heavy atom. The van der Waals surface area contributed by atoms with E-state index in [1.807, 2.05) is 30.3 Å². The summed E-state index contributed by atoms with van der Waals surface area (Å²) in [5, 5.41) is 14.0. The molecular formula is C36H21N3O. The normalized spacial score (nSPS) is 11.5. The van der Waals surface area contributed by atoms with Gasteiger partial charge in [-0.05, 0) is 54.1 Å². The molecule has 3 heterocycles. The predicted octanol–water partition coefficient (Wildman–Crippen LogP) is 9.28. The van der Waals surface area contributed by atoms with Crippen molar-refractivity contribution in [2.24, 2.45) is 0 Å². The Labute approximate surface area is 230 Å². The molecule has 3 aromatic heterocycles. The molecule has 0 radical (unpaired) electrons. The largest absolute Gasteiger partial charge is 0.456 e. The van der Waals surface area contributed by atoms with E-state index in [0.717, 1.165) is 61.0 Å². The highest BCUT2D eigenvalue weighted by Gasteiger charge is 2.20. The highest BCUT2D eigenvalue weighted by Crippen LogP contribution is 2.42. The van der Waals surface area contributed by atoms with Crippen molar-refractivity contribution in [3.8, 4) is 34.1 Å². The van der Waals surface area contributed by atoms with E-state index < -0.39 is 0 Å². The fraction of sp³-hybridized carbons (Fsp3) is 0. The number of hydrogen-bond acceptors (Lipinski definition) is 3. The van der Waals surface area contributed by atoms with Crippen LogP contribution in [0.1, 0.15) is 5.69 Å². The van der Waals surface area contributed by atoms with E-state index in [4.69, 9.17) is 4.42 Å². The number of nitrogens with zero attached hydrogens (tertiary/aromatic N) is 3. The van der Waals surface area contributed by atoms with Gasteiger partial charge in [0, 0.05) is 32.7 Å². The molecule has 4 heteroatoms. The van der Waals surface area contributed by atoms with Crippen LogP contribution >= 0.6 is 0 Å². The summed E-state index contributed by atoms with van der Waals surface area (Å²) in [7, 11) is 0. The summed E-state index contributed by atoms with van der Waals surface area (Å²) in [6, 6.07) is 45.7. The zero-order chi connectivity index (χ0) is 26.6. The molecule has 0 amide bonds. The van der Waals surface area contributed by atoms with Crippen molar-refractivity contribution in [3.05, 3.63) is 133 Å². The van der Waals surface area contributed by atoms with Crippen molar-refractivity contribution in [3.63, 3.8) is 0 Å². The molecule has 0 atom stereocenters. The van der Waals surface area contributed by atoms with Gasteiger partial charge in [-0.1, -0.05) is 78.9 Å². The number of rotatable bonds is 3. The third kappa shape index (κ3) is 3.28. The van der Waals surface area contributed by atoms with Gasteiger partial charge in [-0.3, -0.25) is 0 Å². The van der Waals surface area contributed by atoms with Crippen LogP contribution in [0.5, 0.6) is 0 Å². The monoisotopic (exact) mass is 511 g/mol. The van der Waals surface area contributed by atoms with Gasteiger partial charge >= 0.3 is 0 Å². The summed E-state index contributed by atoms with van der Waals surface area (Å²) in [5.41, 5.74) is 9.51. The number of nitriles is 1. The maximum Gasteiger partial charge on any atom is 0.141 e. The first kappa shape index (κ1) is 22.3. The van der Waals surface area contributed by atoms with Gasteiger partial charge in [-0.25, -0.2) is 4.98 Å². The fourth-order valence-electron chi connectivity index (χ4n) is 5.95. The zero-order valence-electron chi connectivity index (χ0n) is 21.4. The van der Waals surface area contributed by atoms with Crippen LogP contribution in [-0.2, 0) is 0 Å². The third-order valence-electron chi connectivity index (χ3n) is 7.65. The smallest absolute Gasteiger partial charge is 0.141 e. The summed E-state index contributed by atoms with van der Waals surface area (Å²) < 4.78 is 8.62. The lowest BCUT2D eigenvalue weighted by Crippen LogP contribution is -1.97. The molecule has 5 aromatic carbocycles. The van der Waals surface area contributed by atoms with E-state index in [1.54, 1.807) is 6.07 Å². The van der Waals surface area contributed by atoms with Crippen LogP contribution in [0.4, 0.5) is 0 Å². The van der Waals surface area contributed by atoms with Crippen LogP contribution in [-0.4, -0.2) is 9.55 Å². The standard InChI is InChI=1S/C36H21N3O/c37-22-25-11-8-15-29(38-25)24-10-7-9-23(21-24)26-12-1-4-16-30(26)39-31-17-5-2-13-27(31)35-32(39)19-20-34-36(35)28-14-3-6-18-33(28)40-34/h1-21H. The van der Waals surface area contributed by atoms with Gasteiger partial charge in [0.05, 0.1) is 22.4 Å². The topological polar surface area (TPSA) is 54.8 Å². The second-order valence-corrected chi connectivity index (χ2v) is 9.90. The van der Waals surface area contributed by atoms with E-state index in [9.17, 15) is 5.26 Å². The van der Waals surface area contributed by atoms with Gasteiger partial charge in [0.2, 0.25) is 0 Å². The Kier molecular flexibility index (Phi) is 4.85. The van der Waals surface area contributed by atoms with Crippen molar-refractivity contribution in [1.82, 2.24) is 9.55 Å². The lowest BCUT2D eigenvalue weighted by molar-refractivity contribution is 0.669. The minimum absolute atomic E-state index is 0.409. The summed E-state index contributed by atoms with van der Waals surface area (Å²) in [5.74, 6) is 0. The van der Waals surface area contributed by atoms with Gasteiger partial charge in [0.1, 0.15) is 22.9 Å². The van der Waals surface area contributed by atoms with Crippen LogP contribution < -0.4 is 0 Å². The first-order chi connectivity index (χ1) is 19.8. The van der Waals surface area contributed by atoms with Gasteiger partial charge in [0.25, 0.3) is 0 Å². The second kappa shape index (κ2) is 8.69. The second-order valence-electron chi connectivity index (χ2n) is 9.90. The molecule has 0 aliphatic rings. The maximum absolute atomic E-state index is 9.35. The van der Waals surface area contributed by atoms with Crippen LogP contribution in [0.2, 0.25) is 0 Å². The molecule has 0 aliphatic heterocycles. The minimum atomic E-state index is 0.409. The van der Waals surface area contributed by atoms with Gasteiger partial charge < -0.3 is 8.98 Å². The van der Waals surface area contributed by atoms with E-state index in [0.29, 0.717) is 5.69 Å². The SMILES string of the molecule is N#Cc1cccc(-c2cccc(-c3ccccc3-n3c4ccccc4c4c5c(ccc43)oc3ccccc35)c2)n1. The van der Waals surface area contributed by atoms with E-state index in [-0.39, 0.29) is 0 Å². The molecule has 0 unspecified atom stereocenters. The quantitative estimate of drug-likeness (QED) is 0.237. The van der Waals surface area contributed by atoms with Crippen LogP contribution in [0.15, 0.2) is 132 Å². The zero-order valence-corrected chi connectivity index (χ0v) is 21.4. The molecule has 0 saturated heterocycles. The molecule has 0 saturated carbocycles. The molecule has 8 aromatic rings. The van der Waals surface area contributed by atoms with Crippen molar-refractivity contribution in [2.75, 3.05) is 0 Å². The molecular weight excluding hydrogens is 490 g/mol. The van der Waals surface area contributed by atoms with Crippen molar-refractivity contribution < 1.29 is 4.42 Å². The lowest BCUT2D eigenvalue weighted by Gasteiger charge is -2.15. The third-order valence-corrected chi connectivity index (χ3v) is 7.65. The molecule has 0 aliphatic carbocycles. The first-order valence-electron chi connectivity index (χ1n) is 13.2. The number of aromatic nitrogens is 2. The number of pyridine rings is 1. The predicted molar refractivity (Wildman–Crippen MR) is 161 cm³/mol. The summed E-state index contributed by atoms with van der Waals surface area (Å²) in [4.78, 5) is 4.52. The number of hydrogen-bond donors (Lipinski definition) is 0. The average Bonchev–Trinajstić information content (AvgIpc) is 3.56. The van der Waals surface area contributed by atoms with E-state index >= 15 is 0 Å². The maximum atomic E-state index is 9.35. The Morgan fingerprint density at radius 1 is 0.600 bits per heavy atom. The number of benzene rings is 5. The molecule has 40 heavy (non-hydrogen) atoms. The van der Waals surface area contributed by atoms with E-state index in [1.165, 1.54) is 10.8 Å². The van der Waals surface area contributed by atoms with Crippen molar-refractivity contribution in [1.29, 1.82) is 5.26 Å². The Balaban J connectivity index is 1.41. The highest BCUT2D eigenvalue weighted by atomic mass is 16.3. The number of fused-ring (bicyclic) bond motifs is 7. The van der Waals surface area contributed by atoms with E-state index in [2.05, 4.69) is 107 Å². The number of para-hydroxylation sites is 3. The lowest BCUT2D eigenvalue weighted by atomic mass is 9.99. The molecule has 8 rings (SSSR count). The molecule has 0 fully saturated rings. The highest BCUT2D eigenvalue weighted by molar-refractivity contribution is 6.27. The van der Waals surface area contributed by atoms with Crippen LogP contribution in [0.3, 0.4) is 0 Å². The Morgan fingerprint density at radius 2 is 1.38 bits per heavy atom. The summed E-state index contributed by atoms with van der Waals surface area (Å²) >= 11 is 0. The molecule has 0 N–H and O–H groups in total. The van der Waals surface area contributed by atoms with Gasteiger partial charge in [0.15, 0.2) is 0 Å². The summed E-state index contributed by atoms with van der Waals surface area (Å²) in [6.07, 6.45) is 0. The first-order valence-corrected chi connectivity index (χ1v) is 13.2.